The van der Waals surface area contributed by atoms with Crippen LogP contribution in [0.2, 0.25) is 0 Å². The standard InChI is InChI=1S/C13H12N2O5/c1-19-7-8-4-2-3-5-9(8)14-12(16)10-6-11(13(17)18)20-15-10/h2-6H,7H2,1H3,(H,14,16)(H,17,18). The highest BCUT2D eigenvalue weighted by Crippen LogP contribution is 2.17. The Balaban J connectivity index is 2.16. The predicted octanol–water partition coefficient (Wildman–Crippen LogP) is 1.77. The Morgan fingerprint density at radius 1 is 1.40 bits per heavy atom. The Hall–Kier alpha value is -2.67. The largest absolute Gasteiger partial charge is 0.475 e. The minimum Gasteiger partial charge on any atom is -0.475 e. The van der Waals surface area contributed by atoms with Gasteiger partial charge in [-0.15, -0.1) is 0 Å². The lowest BCUT2D eigenvalue weighted by molar-refractivity contribution is 0.0651. The summed E-state index contributed by atoms with van der Waals surface area (Å²) in [5, 5.41) is 14.7. The maximum absolute atomic E-state index is 11.9. The van der Waals surface area contributed by atoms with E-state index in [9.17, 15) is 9.59 Å². The number of rotatable bonds is 5. The van der Waals surface area contributed by atoms with Gasteiger partial charge in [0.25, 0.3) is 5.91 Å². The van der Waals surface area contributed by atoms with E-state index in [4.69, 9.17) is 9.84 Å². The Kier molecular flexibility index (Phi) is 4.11. The molecule has 7 heteroatoms. The second-order valence-corrected chi connectivity index (χ2v) is 3.93. The molecule has 0 radical (unpaired) electrons. The van der Waals surface area contributed by atoms with Crippen molar-refractivity contribution >= 4 is 17.6 Å². The summed E-state index contributed by atoms with van der Waals surface area (Å²) in [5.41, 5.74) is 1.26. The number of amides is 1. The van der Waals surface area contributed by atoms with Gasteiger partial charge < -0.3 is 19.7 Å². The molecule has 0 spiro atoms. The Morgan fingerprint density at radius 3 is 2.80 bits per heavy atom. The molecule has 0 saturated carbocycles. The highest BCUT2D eigenvalue weighted by molar-refractivity contribution is 6.04. The number of nitrogens with zero attached hydrogens (tertiary/aromatic N) is 1. The van der Waals surface area contributed by atoms with Crippen LogP contribution >= 0.6 is 0 Å². The molecule has 7 nitrogen and oxygen atoms in total. The van der Waals surface area contributed by atoms with Crippen LogP contribution in [0.25, 0.3) is 0 Å². The summed E-state index contributed by atoms with van der Waals surface area (Å²) in [6, 6.07) is 8.18. The molecule has 1 aromatic heterocycles. The van der Waals surface area contributed by atoms with E-state index >= 15 is 0 Å². The van der Waals surface area contributed by atoms with E-state index in [1.54, 1.807) is 19.2 Å². The van der Waals surface area contributed by atoms with E-state index in [2.05, 4.69) is 15.0 Å². The number of ether oxygens (including phenoxy) is 1. The van der Waals surface area contributed by atoms with Crippen LogP contribution in [-0.4, -0.2) is 29.2 Å². The molecule has 0 bridgehead atoms. The number of methoxy groups -OCH3 is 1. The zero-order valence-electron chi connectivity index (χ0n) is 10.6. The highest BCUT2D eigenvalue weighted by atomic mass is 16.5. The van der Waals surface area contributed by atoms with E-state index in [0.717, 1.165) is 11.6 Å². The van der Waals surface area contributed by atoms with Crippen LogP contribution < -0.4 is 5.32 Å². The van der Waals surface area contributed by atoms with E-state index in [0.29, 0.717) is 12.3 Å². The van der Waals surface area contributed by atoms with Crippen molar-refractivity contribution in [1.82, 2.24) is 5.16 Å². The third-order valence-electron chi connectivity index (χ3n) is 2.52. The summed E-state index contributed by atoms with van der Waals surface area (Å²) in [6.45, 7) is 0.343. The van der Waals surface area contributed by atoms with Crippen LogP contribution in [0.4, 0.5) is 5.69 Å². The fourth-order valence-electron chi connectivity index (χ4n) is 1.59. The van der Waals surface area contributed by atoms with Gasteiger partial charge in [-0.05, 0) is 6.07 Å². The van der Waals surface area contributed by atoms with Gasteiger partial charge in [0.1, 0.15) is 0 Å². The summed E-state index contributed by atoms with van der Waals surface area (Å²) in [5.74, 6) is -2.22. The number of carbonyl (C=O) groups is 2. The topological polar surface area (TPSA) is 102 Å². The fraction of sp³-hybridized carbons (Fsp3) is 0.154. The summed E-state index contributed by atoms with van der Waals surface area (Å²) in [7, 11) is 1.55. The number of carbonyl (C=O) groups excluding carboxylic acids is 1. The minimum absolute atomic E-state index is 0.102. The number of hydrogen-bond donors (Lipinski definition) is 2. The van der Waals surface area contributed by atoms with Crippen molar-refractivity contribution in [2.24, 2.45) is 0 Å². The number of anilines is 1. The first-order valence-electron chi connectivity index (χ1n) is 5.70. The van der Waals surface area contributed by atoms with Crippen LogP contribution in [0, 0.1) is 0 Å². The van der Waals surface area contributed by atoms with Crippen LogP contribution in [-0.2, 0) is 11.3 Å². The third-order valence-corrected chi connectivity index (χ3v) is 2.52. The lowest BCUT2D eigenvalue weighted by Gasteiger charge is -2.08. The van der Waals surface area contributed by atoms with Crippen LogP contribution in [0.3, 0.4) is 0 Å². The molecule has 1 amide bonds. The first kappa shape index (κ1) is 13.8. The molecule has 0 fully saturated rings. The van der Waals surface area contributed by atoms with Gasteiger partial charge in [-0.25, -0.2) is 4.79 Å². The van der Waals surface area contributed by atoms with Crippen molar-refractivity contribution in [1.29, 1.82) is 0 Å². The van der Waals surface area contributed by atoms with Crippen molar-refractivity contribution in [3.05, 3.63) is 47.3 Å². The normalized spacial score (nSPS) is 10.2. The molecule has 2 rings (SSSR count). The molecular weight excluding hydrogens is 264 g/mol. The summed E-state index contributed by atoms with van der Waals surface area (Å²) in [4.78, 5) is 22.6. The van der Waals surface area contributed by atoms with E-state index in [-0.39, 0.29) is 11.5 Å². The summed E-state index contributed by atoms with van der Waals surface area (Å²) >= 11 is 0. The molecule has 0 aliphatic carbocycles. The molecule has 20 heavy (non-hydrogen) atoms. The Morgan fingerprint density at radius 2 is 2.15 bits per heavy atom. The third kappa shape index (κ3) is 3.01. The smallest absolute Gasteiger partial charge is 0.374 e. The molecule has 0 atom stereocenters. The monoisotopic (exact) mass is 276 g/mol. The van der Waals surface area contributed by atoms with Gasteiger partial charge in [0.05, 0.1) is 6.61 Å². The molecule has 104 valence electrons. The average molecular weight is 276 g/mol. The molecule has 0 unspecified atom stereocenters. The van der Waals surface area contributed by atoms with Gasteiger partial charge in [0, 0.05) is 24.4 Å². The van der Waals surface area contributed by atoms with Gasteiger partial charge in [0.15, 0.2) is 5.69 Å². The molecule has 0 aliphatic rings. The van der Waals surface area contributed by atoms with Gasteiger partial charge in [-0.1, -0.05) is 23.4 Å². The number of carboxylic acid groups (broad SMARTS) is 1. The molecule has 1 heterocycles. The van der Waals surface area contributed by atoms with E-state index < -0.39 is 11.9 Å². The number of aromatic carboxylic acids is 1. The zero-order chi connectivity index (χ0) is 14.5. The lowest BCUT2D eigenvalue weighted by atomic mass is 10.2. The summed E-state index contributed by atoms with van der Waals surface area (Å²) in [6.07, 6.45) is 0. The fourth-order valence-corrected chi connectivity index (χ4v) is 1.59. The molecular formula is C13H12N2O5. The van der Waals surface area contributed by atoms with E-state index in [1.807, 2.05) is 12.1 Å². The molecule has 2 aromatic rings. The second-order valence-electron chi connectivity index (χ2n) is 3.93. The zero-order valence-corrected chi connectivity index (χ0v) is 10.6. The van der Waals surface area contributed by atoms with Gasteiger partial charge in [-0.3, -0.25) is 4.79 Å². The number of aromatic nitrogens is 1. The number of carboxylic acids is 1. The second kappa shape index (κ2) is 5.98. The van der Waals surface area contributed by atoms with Gasteiger partial charge >= 0.3 is 5.97 Å². The van der Waals surface area contributed by atoms with Crippen LogP contribution in [0.5, 0.6) is 0 Å². The summed E-state index contributed by atoms with van der Waals surface area (Å²) < 4.78 is 9.56. The molecule has 1 aromatic carbocycles. The first-order valence-corrected chi connectivity index (χ1v) is 5.70. The predicted molar refractivity (Wildman–Crippen MR) is 68.6 cm³/mol. The number of benzene rings is 1. The van der Waals surface area contributed by atoms with Crippen LogP contribution in [0.15, 0.2) is 34.9 Å². The molecule has 0 aliphatic heterocycles. The Labute approximate surface area is 114 Å². The maximum atomic E-state index is 11.9. The van der Waals surface area contributed by atoms with Crippen molar-refractivity contribution < 1.29 is 24.0 Å². The SMILES string of the molecule is COCc1ccccc1NC(=O)c1cc(C(=O)O)on1. The average Bonchev–Trinajstić information content (AvgIpc) is 2.91. The van der Waals surface area contributed by atoms with Crippen molar-refractivity contribution in [2.75, 3.05) is 12.4 Å². The van der Waals surface area contributed by atoms with Crippen molar-refractivity contribution in [2.45, 2.75) is 6.61 Å². The number of hydrogen-bond acceptors (Lipinski definition) is 5. The maximum Gasteiger partial charge on any atom is 0.374 e. The number of nitrogens with one attached hydrogen (secondary N) is 1. The van der Waals surface area contributed by atoms with Crippen molar-refractivity contribution in [3.8, 4) is 0 Å². The minimum atomic E-state index is -1.28. The molecule has 2 N–H and O–H groups in total. The number of para-hydroxylation sites is 1. The van der Waals surface area contributed by atoms with E-state index in [1.165, 1.54) is 0 Å². The highest BCUT2D eigenvalue weighted by Gasteiger charge is 2.17. The first-order chi connectivity index (χ1) is 9.61. The van der Waals surface area contributed by atoms with Crippen LogP contribution in [0.1, 0.15) is 26.6 Å². The quantitative estimate of drug-likeness (QED) is 0.862. The Bertz CT molecular complexity index is 635. The van der Waals surface area contributed by atoms with Gasteiger partial charge in [-0.2, -0.15) is 0 Å². The molecule has 0 saturated heterocycles. The van der Waals surface area contributed by atoms with Crippen molar-refractivity contribution in [3.63, 3.8) is 0 Å². The lowest BCUT2D eigenvalue weighted by Crippen LogP contribution is -2.13. The van der Waals surface area contributed by atoms with Gasteiger partial charge in [0.2, 0.25) is 5.76 Å².